The number of nitrogens with zero attached hydrogens (tertiary/aromatic N) is 3. The van der Waals surface area contributed by atoms with E-state index in [0.29, 0.717) is 36.5 Å². The van der Waals surface area contributed by atoms with E-state index in [4.69, 9.17) is 9.26 Å². The van der Waals surface area contributed by atoms with Gasteiger partial charge in [-0.05, 0) is 19.3 Å². The summed E-state index contributed by atoms with van der Waals surface area (Å²) in [5.74, 6) is 2.24. The van der Waals surface area contributed by atoms with Gasteiger partial charge in [-0.2, -0.15) is 4.98 Å². The first kappa shape index (κ1) is 15.5. The molecule has 0 radical (unpaired) electrons. The summed E-state index contributed by atoms with van der Waals surface area (Å²) in [4.78, 5) is 18.9. The molecule has 0 N–H and O–H groups in total. The fourth-order valence-electron chi connectivity index (χ4n) is 2.81. The van der Waals surface area contributed by atoms with Gasteiger partial charge in [-0.3, -0.25) is 4.79 Å². The van der Waals surface area contributed by atoms with Crippen LogP contribution < -0.4 is 0 Å². The molecule has 1 aliphatic carbocycles. The van der Waals surface area contributed by atoms with Crippen LogP contribution in [0, 0.1) is 5.92 Å². The SMILES string of the molecule is CC(C)c1noc(CCC(=O)N(CC2CCOC2)C2CC2)n1. The van der Waals surface area contributed by atoms with Crippen LogP contribution in [0.4, 0.5) is 0 Å². The van der Waals surface area contributed by atoms with Gasteiger partial charge in [-0.25, -0.2) is 0 Å². The van der Waals surface area contributed by atoms with E-state index < -0.39 is 0 Å². The number of hydrogen-bond donors (Lipinski definition) is 0. The molecule has 1 aromatic rings. The van der Waals surface area contributed by atoms with E-state index >= 15 is 0 Å². The topological polar surface area (TPSA) is 68.5 Å². The molecule has 2 fully saturated rings. The fourth-order valence-corrected chi connectivity index (χ4v) is 2.81. The van der Waals surface area contributed by atoms with Gasteiger partial charge in [-0.1, -0.05) is 19.0 Å². The molecule has 1 saturated carbocycles. The van der Waals surface area contributed by atoms with Crippen molar-refractivity contribution in [3.8, 4) is 0 Å². The first-order valence-electron chi connectivity index (χ1n) is 8.33. The van der Waals surface area contributed by atoms with Gasteiger partial charge in [0.25, 0.3) is 0 Å². The summed E-state index contributed by atoms with van der Waals surface area (Å²) >= 11 is 0. The highest BCUT2D eigenvalue weighted by Crippen LogP contribution is 2.29. The Kier molecular flexibility index (Phi) is 4.76. The Bertz CT molecular complexity index is 504. The van der Waals surface area contributed by atoms with Gasteiger partial charge in [0.1, 0.15) is 0 Å². The maximum Gasteiger partial charge on any atom is 0.227 e. The molecule has 1 saturated heterocycles. The molecule has 2 heterocycles. The first-order valence-corrected chi connectivity index (χ1v) is 8.33. The highest BCUT2D eigenvalue weighted by atomic mass is 16.5. The van der Waals surface area contributed by atoms with Crippen LogP contribution in [0.3, 0.4) is 0 Å². The second-order valence-corrected chi connectivity index (χ2v) is 6.71. The van der Waals surface area contributed by atoms with Gasteiger partial charge in [0, 0.05) is 43.9 Å². The molecular formula is C16H25N3O3. The lowest BCUT2D eigenvalue weighted by Crippen LogP contribution is -2.37. The molecule has 1 aromatic heterocycles. The van der Waals surface area contributed by atoms with Gasteiger partial charge >= 0.3 is 0 Å². The van der Waals surface area contributed by atoms with Crippen molar-refractivity contribution in [3.63, 3.8) is 0 Å². The third kappa shape index (κ3) is 3.85. The molecule has 1 unspecified atom stereocenters. The zero-order valence-corrected chi connectivity index (χ0v) is 13.5. The lowest BCUT2D eigenvalue weighted by Gasteiger charge is -2.25. The Morgan fingerprint density at radius 2 is 2.18 bits per heavy atom. The number of ether oxygens (including phenoxy) is 1. The second kappa shape index (κ2) is 6.77. The monoisotopic (exact) mass is 307 g/mol. The normalized spacial score (nSPS) is 21.5. The zero-order valence-electron chi connectivity index (χ0n) is 13.5. The largest absolute Gasteiger partial charge is 0.381 e. The van der Waals surface area contributed by atoms with Crippen molar-refractivity contribution >= 4 is 5.91 Å². The van der Waals surface area contributed by atoms with Gasteiger partial charge in [0.15, 0.2) is 5.82 Å². The van der Waals surface area contributed by atoms with Crippen LogP contribution in [0.25, 0.3) is 0 Å². The predicted molar refractivity (Wildman–Crippen MR) is 80.4 cm³/mol. The zero-order chi connectivity index (χ0) is 15.5. The Balaban J connectivity index is 1.51. The number of carbonyl (C=O) groups is 1. The molecule has 6 heteroatoms. The van der Waals surface area contributed by atoms with E-state index in [1.165, 1.54) is 0 Å². The molecule has 1 atom stereocenters. The van der Waals surface area contributed by atoms with Crippen LogP contribution in [-0.4, -0.2) is 46.7 Å². The molecule has 122 valence electrons. The van der Waals surface area contributed by atoms with Crippen LogP contribution in [-0.2, 0) is 16.0 Å². The Hall–Kier alpha value is -1.43. The summed E-state index contributed by atoms with van der Waals surface area (Å²) in [6.07, 6.45) is 4.32. The molecule has 6 nitrogen and oxygen atoms in total. The number of aromatic nitrogens is 2. The molecule has 22 heavy (non-hydrogen) atoms. The number of amides is 1. The van der Waals surface area contributed by atoms with Crippen LogP contribution in [0.5, 0.6) is 0 Å². The van der Waals surface area contributed by atoms with E-state index in [2.05, 4.69) is 15.0 Å². The van der Waals surface area contributed by atoms with Crippen molar-refractivity contribution in [2.75, 3.05) is 19.8 Å². The summed E-state index contributed by atoms with van der Waals surface area (Å²) in [5.41, 5.74) is 0. The van der Waals surface area contributed by atoms with Crippen LogP contribution in [0.15, 0.2) is 4.52 Å². The minimum atomic E-state index is 0.207. The average Bonchev–Trinajstić information content (AvgIpc) is 3.02. The van der Waals surface area contributed by atoms with Gasteiger partial charge in [-0.15, -0.1) is 0 Å². The van der Waals surface area contributed by atoms with E-state index in [0.717, 1.165) is 39.0 Å². The van der Waals surface area contributed by atoms with Crippen LogP contribution in [0.2, 0.25) is 0 Å². The third-order valence-corrected chi connectivity index (χ3v) is 4.34. The lowest BCUT2D eigenvalue weighted by atomic mass is 10.1. The maximum absolute atomic E-state index is 12.5. The molecule has 1 amide bonds. The van der Waals surface area contributed by atoms with Crippen molar-refractivity contribution in [1.29, 1.82) is 0 Å². The number of rotatable bonds is 7. The highest BCUT2D eigenvalue weighted by molar-refractivity contribution is 5.77. The number of carbonyl (C=O) groups excluding carboxylic acids is 1. The molecule has 0 spiro atoms. The molecule has 0 aromatic carbocycles. The number of aryl methyl sites for hydroxylation is 1. The van der Waals surface area contributed by atoms with E-state index in [1.807, 2.05) is 13.8 Å². The first-order chi connectivity index (χ1) is 10.6. The van der Waals surface area contributed by atoms with Crippen molar-refractivity contribution in [3.05, 3.63) is 11.7 Å². The summed E-state index contributed by atoms with van der Waals surface area (Å²) in [6.45, 7) is 6.51. The summed E-state index contributed by atoms with van der Waals surface area (Å²) in [5, 5.41) is 3.94. The van der Waals surface area contributed by atoms with E-state index in [9.17, 15) is 4.79 Å². The summed E-state index contributed by atoms with van der Waals surface area (Å²) in [6, 6.07) is 0.446. The van der Waals surface area contributed by atoms with Gasteiger partial charge in [0.05, 0.1) is 6.61 Å². The Labute approximate surface area is 131 Å². The van der Waals surface area contributed by atoms with Crippen LogP contribution in [0.1, 0.15) is 57.2 Å². The van der Waals surface area contributed by atoms with E-state index in [1.54, 1.807) is 0 Å². The molecule has 0 bridgehead atoms. The fraction of sp³-hybridized carbons (Fsp3) is 0.812. The minimum Gasteiger partial charge on any atom is -0.381 e. The Morgan fingerprint density at radius 3 is 2.77 bits per heavy atom. The Morgan fingerprint density at radius 1 is 1.36 bits per heavy atom. The summed E-state index contributed by atoms with van der Waals surface area (Å²) in [7, 11) is 0. The molecule has 2 aliphatic rings. The molecular weight excluding hydrogens is 282 g/mol. The minimum absolute atomic E-state index is 0.207. The van der Waals surface area contributed by atoms with E-state index in [-0.39, 0.29) is 11.8 Å². The van der Waals surface area contributed by atoms with Crippen LogP contribution >= 0.6 is 0 Å². The average molecular weight is 307 g/mol. The van der Waals surface area contributed by atoms with Crippen molar-refractivity contribution < 1.29 is 14.1 Å². The quantitative estimate of drug-likeness (QED) is 0.772. The van der Waals surface area contributed by atoms with Gasteiger partial charge in [0.2, 0.25) is 11.8 Å². The standard InChI is InChI=1S/C16H25N3O3/c1-11(2)16-17-14(22-18-16)5-6-15(20)19(13-3-4-13)9-12-7-8-21-10-12/h11-13H,3-10H2,1-2H3. The lowest BCUT2D eigenvalue weighted by molar-refractivity contribution is -0.132. The second-order valence-electron chi connectivity index (χ2n) is 6.71. The molecule has 1 aliphatic heterocycles. The van der Waals surface area contributed by atoms with Gasteiger partial charge < -0.3 is 14.2 Å². The van der Waals surface area contributed by atoms with Crippen molar-refractivity contribution in [2.24, 2.45) is 5.92 Å². The number of hydrogen-bond acceptors (Lipinski definition) is 5. The summed E-state index contributed by atoms with van der Waals surface area (Å²) < 4.78 is 10.6. The van der Waals surface area contributed by atoms with Crippen molar-refractivity contribution in [1.82, 2.24) is 15.0 Å². The smallest absolute Gasteiger partial charge is 0.227 e. The maximum atomic E-state index is 12.5. The van der Waals surface area contributed by atoms with Crippen molar-refractivity contribution in [2.45, 2.75) is 57.9 Å². The highest BCUT2D eigenvalue weighted by Gasteiger charge is 2.34. The predicted octanol–water partition coefficient (Wildman–Crippen LogP) is 2.15. The molecule has 3 rings (SSSR count). The third-order valence-electron chi connectivity index (χ3n) is 4.34.